The van der Waals surface area contributed by atoms with Gasteiger partial charge in [-0.3, -0.25) is 0 Å². The van der Waals surface area contributed by atoms with Crippen LogP contribution >= 0.6 is 31.9 Å². The highest BCUT2D eigenvalue weighted by molar-refractivity contribution is 9.13. The van der Waals surface area contributed by atoms with Crippen LogP contribution in [-0.4, -0.2) is 15.0 Å². The van der Waals surface area contributed by atoms with E-state index < -0.39 is 0 Å². The first kappa shape index (κ1) is 11.1. The number of nitrogens with zero attached hydrogens (tertiary/aromatic N) is 3. The number of rotatable bonds is 2. The number of fused-ring (bicyclic) bond motifs is 1. The van der Waals surface area contributed by atoms with Crippen LogP contribution < -0.4 is 0 Å². The molecule has 2 aromatic rings. The molecule has 0 aliphatic carbocycles. The van der Waals surface area contributed by atoms with Crippen LogP contribution in [0, 0.1) is 5.92 Å². The van der Waals surface area contributed by atoms with Gasteiger partial charge in [0, 0.05) is 4.47 Å². The van der Waals surface area contributed by atoms with Crippen molar-refractivity contribution >= 4 is 42.9 Å². The van der Waals surface area contributed by atoms with Crippen LogP contribution in [0.5, 0.6) is 0 Å². The maximum absolute atomic E-state index is 4.44. The molecule has 5 heteroatoms. The van der Waals surface area contributed by atoms with Gasteiger partial charge in [-0.15, -0.1) is 0 Å². The highest BCUT2D eigenvalue weighted by Gasteiger charge is 2.09. The molecule has 15 heavy (non-hydrogen) atoms. The van der Waals surface area contributed by atoms with Gasteiger partial charge in [-0.2, -0.15) is 15.0 Å². The molecule has 0 saturated heterocycles. The predicted molar refractivity (Wildman–Crippen MR) is 67.8 cm³/mol. The first-order chi connectivity index (χ1) is 7.08. The lowest BCUT2D eigenvalue weighted by molar-refractivity contribution is 0.442. The minimum absolute atomic E-state index is 0.550. The molecule has 3 nitrogen and oxygen atoms in total. The molecule has 0 amide bonds. The molecule has 0 aliphatic heterocycles. The molecule has 1 heterocycles. The lowest BCUT2D eigenvalue weighted by Gasteiger charge is -2.01. The summed E-state index contributed by atoms with van der Waals surface area (Å²) in [6, 6.07) is 3.94. The molecule has 0 atom stereocenters. The van der Waals surface area contributed by atoms with Gasteiger partial charge in [-0.05, 0) is 49.9 Å². The van der Waals surface area contributed by atoms with Crippen LogP contribution in [-0.2, 0) is 6.54 Å². The average molecular weight is 333 g/mol. The Hall–Kier alpha value is -0.420. The van der Waals surface area contributed by atoms with Crippen molar-refractivity contribution in [2.24, 2.45) is 5.92 Å². The van der Waals surface area contributed by atoms with Gasteiger partial charge >= 0.3 is 0 Å². The third-order valence-corrected chi connectivity index (χ3v) is 4.01. The van der Waals surface area contributed by atoms with E-state index in [1.165, 1.54) is 0 Å². The van der Waals surface area contributed by atoms with Crippen molar-refractivity contribution in [2.45, 2.75) is 20.4 Å². The van der Waals surface area contributed by atoms with E-state index >= 15 is 0 Å². The van der Waals surface area contributed by atoms with Crippen LogP contribution in [0.1, 0.15) is 13.8 Å². The second kappa shape index (κ2) is 4.22. The highest BCUT2D eigenvalue weighted by Crippen LogP contribution is 2.29. The predicted octanol–water partition coefficient (Wildman–Crippen LogP) is 3.61. The summed E-state index contributed by atoms with van der Waals surface area (Å²) in [6.07, 6.45) is 0. The van der Waals surface area contributed by atoms with Crippen LogP contribution in [0.2, 0.25) is 0 Å². The molecule has 0 saturated carbocycles. The Balaban J connectivity index is 2.51. The Morgan fingerprint density at radius 1 is 1.27 bits per heavy atom. The fraction of sp³-hybridized carbons (Fsp3) is 0.400. The van der Waals surface area contributed by atoms with E-state index in [2.05, 4.69) is 55.9 Å². The van der Waals surface area contributed by atoms with Crippen LogP contribution in [0.15, 0.2) is 21.1 Å². The van der Waals surface area contributed by atoms with Crippen LogP contribution in [0.3, 0.4) is 0 Å². The quantitative estimate of drug-likeness (QED) is 0.841. The zero-order valence-corrected chi connectivity index (χ0v) is 11.7. The standard InChI is InChI=1S/C10H11Br2N3/c1-6(2)5-15-13-8-4-3-7(11)9(12)10(8)14-15/h3-4,6H,5H2,1-2H3. The van der Waals surface area contributed by atoms with E-state index in [1.54, 1.807) is 4.80 Å². The Kier molecular flexibility index (Phi) is 3.11. The largest absolute Gasteiger partial charge is 0.183 e. The molecule has 1 aromatic carbocycles. The summed E-state index contributed by atoms with van der Waals surface area (Å²) < 4.78 is 1.97. The fourth-order valence-corrected chi connectivity index (χ4v) is 2.11. The van der Waals surface area contributed by atoms with Crippen molar-refractivity contribution in [3.05, 3.63) is 21.1 Å². The van der Waals surface area contributed by atoms with E-state index in [9.17, 15) is 0 Å². The number of aromatic nitrogens is 3. The average Bonchev–Trinajstić information content (AvgIpc) is 2.54. The molecule has 0 radical (unpaired) electrons. The van der Waals surface area contributed by atoms with E-state index in [0.717, 1.165) is 26.5 Å². The van der Waals surface area contributed by atoms with Crippen molar-refractivity contribution in [3.63, 3.8) is 0 Å². The third kappa shape index (κ3) is 2.23. The first-order valence-corrected chi connectivity index (χ1v) is 6.35. The molecule has 0 fully saturated rings. The van der Waals surface area contributed by atoms with Gasteiger partial charge in [-0.25, -0.2) is 0 Å². The second-order valence-electron chi connectivity index (χ2n) is 3.88. The van der Waals surface area contributed by atoms with Crippen molar-refractivity contribution in [1.82, 2.24) is 15.0 Å². The maximum Gasteiger partial charge on any atom is 0.128 e. The number of hydrogen-bond acceptors (Lipinski definition) is 2. The van der Waals surface area contributed by atoms with Gasteiger partial charge in [0.05, 0.1) is 11.0 Å². The maximum atomic E-state index is 4.44. The number of benzene rings is 1. The van der Waals surface area contributed by atoms with Gasteiger partial charge in [0.1, 0.15) is 11.0 Å². The molecule has 0 unspecified atom stereocenters. The zero-order chi connectivity index (χ0) is 11.0. The zero-order valence-electron chi connectivity index (χ0n) is 8.54. The van der Waals surface area contributed by atoms with Crippen molar-refractivity contribution in [3.8, 4) is 0 Å². The van der Waals surface area contributed by atoms with Gasteiger partial charge < -0.3 is 0 Å². The van der Waals surface area contributed by atoms with Crippen LogP contribution in [0.25, 0.3) is 11.0 Å². The second-order valence-corrected chi connectivity index (χ2v) is 5.53. The summed E-state index contributed by atoms with van der Waals surface area (Å²) in [6.45, 7) is 5.15. The highest BCUT2D eigenvalue weighted by atomic mass is 79.9. The van der Waals surface area contributed by atoms with Gasteiger partial charge in [-0.1, -0.05) is 13.8 Å². The minimum atomic E-state index is 0.550. The Bertz CT molecular complexity index is 491. The van der Waals surface area contributed by atoms with Crippen LogP contribution in [0.4, 0.5) is 0 Å². The van der Waals surface area contributed by atoms with Gasteiger partial charge in [0.2, 0.25) is 0 Å². The number of hydrogen-bond donors (Lipinski definition) is 0. The SMILES string of the molecule is CC(C)Cn1nc2ccc(Br)c(Br)c2n1. The third-order valence-electron chi connectivity index (χ3n) is 2.01. The molecule has 0 spiro atoms. The molecule has 0 N–H and O–H groups in total. The summed E-state index contributed by atoms with van der Waals surface area (Å²) in [5, 5.41) is 8.85. The smallest absolute Gasteiger partial charge is 0.128 e. The van der Waals surface area contributed by atoms with E-state index in [-0.39, 0.29) is 0 Å². The molecular weight excluding hydrogens is 322 g/mol. The summed E-state index contributed by atoms with van der Waals surface area (Å²) >= 11 is 6.95. The lowest BCUT2D eigenvalue weighted by atomic mass is 10.2. The monoisotopic (exact) mass is 331 g/mol. The van der Waals surface area contributed by atoms with Crippen molar-refractivity contribution in [2.75, 3.05) is 0 Å². The topological polar surface area (TPSA) is 30.7 Å². The Morgan fingerprint density at radius 2 is 2.00 bits per heavy atom. The van der Waals surface area contributed by atoms with E-state index in [4.69, 9.17) is 0 Å². The summed E-state index contributed by atoms with van der Waals surface area (Å²) in [7, 11) is 0. The molecule has 0 aliphatic rings. The first-order valence-electron chi connectivity index (χ1n) is 4.77. The minimum Gasteiger partial charge on any atom is -0.183 e. The molecule has 2 rings (SSSR count). The molecule has 1 aromatic heterocycles. The summed E-state index contributed by atoms with van der Waals surface area (Å²) in [5.74, 6) is 0.550. The Labute approximate surface area is 105 Å². The van der Waals surface area contributed by atoms with Crippen molar-refractivity contribution < 1.29 is 0 Å². The molecule has 80 valence electrons. The lowest BCUT2D eigenvalue weighted by Crippen LogP contribution is -2.07. The summed E-state index contributed by atoms with van der Waals surface area (Å²) in [5.41, 5.74) is 1.83. The number of halogens is 2. The molecule has 0 bridgehead atoms. The van der Waals surface area contributed by atoms with E-state index in [1.807, 2.05) is 12.1 Å². The van der Waals surface area contributed by atoms with Crippen molar-refractivity contribution in [1.29, 1.82) is 0 Å². The van der Waals surface area contributed by atoms with E-state index in [0.29, 0.717) is 5.92 Å². The normalized spacial score (nSPS) is 11.5. The fourth-order valence-electron chi connectivity index (χ4n) is 1.38. The molecular formula is C10H11Br2N3. The summed E-state index contributed by atoms with van der Waals surface area (Å²) in [4.78, 5) is 1.76. The van der Waals surface area contributed by atoms with Gasteiger partial charge in [0.25, 0.3) is 0 Å². The van der Waals surface area contributed by atoms with Gasteiger partial charge in [0.15, 0.2) is 0 Å². The Morgan fingerprint density at radius 3 is 2.67 bits per heavy atom.